The third-order valence-corrected chi connectivity index (χ3v) is 3.26. The highest BCUT2D eigenvalue weighted by atomic mass is 16.5. The molecule has 17 heavy (non-hydrogen) atoms. The number of hydrogen-bond donors (Lipinski definition) is 1. The normalized spacial score (nSPS) is 32.8. The van der Waals surface area contributed by atoms with Crippen LogP contribution in [0.2, 0.25) is 0 Å². The molecule has 2 fully saturated rings. The zero-order valence-corrected chi connectivity index (χ0v) is 10.6. The van der Waals surface area contributed by atoms with Gasteiger partial charge < -0.3 is 20.1 Å². The van der Waals surface area contributed by atoms with Crippen molar-refractivity contribution in [1.82, 2.24) is 4.90 Å². The molecule has 2 rings (SSSR count). The zero-order valence-electron chi connectivity index (χ0n) is 10.6. The van der Waals surface area contributed by atoms with Gasteiger partial charge in [0, 0.05) is 26.2 Å². The Morgan fingerprint density at radius 3 is 2.88 bits per heavy atom. The van der Waals surface area contributed by atoms with E-state index in [0.29, 0.717) is 26.2 Å². The van der Waals surface area contributed by atoms with E-state index in [1.807, 2.05) is 18.7 Å². The van der Waals surface area contributed by atoms with Crippen LogP contribution < -0.4 is 5.73 Å². The lowest BCUT2D eigenvalue weighted by Crippen LogP contribution is -2.58. The molecule has 2 heterocycles. The molecule has 0 aromatic carbocycles. The number of hydrogen-bond acceptors (Lipinski definition) is 4. The van der Waals surface area contributed by atoms with Gasteiger partial charge in [-0.1, -0.05) is 0 Å². The van der Waals surface area contributed by atoms with Gasteiger partial charge in [-0.2, -0.15) is 0 Å². The van der Waals surface area contributed by atoms with Crippen molar-refractivity contribution in [3.8, 4) is 0 Å². The first-order valence-corrected chi connectivity index (χ1v) is 6.30. The molecular weight excluding hydrogens is 220 g/mol. The molecule has 0 aliphatic carbocycles. The molecule has 2 N–H and O–H groups in total. The fourth-order valence-corrected chi connectivity index (χ4v) is 2.56. The Labute approximate surface area is 102 Å². The van der Waals surface area contributed by atoms with E-state index in [9.17, 15) is 4.79 Å². The molecule has 1 amide bonds. The van der Waals surface area contributed by atoms with E-state index < -0.39 is 0 Å². The first-order chi connectivity index (χ1) is 8.02. The van der Waals surface area contributed by atoms with Gasteiger partial charge >= 0.3 is 0 Å². The summed E-state index contributed by atoms with van der Waals surface area (Å²) in [5.74, 6) is 0.0947. The van der Waals surface area contributed by atoms with Crippen LogP contribution in [0.5, 0.6) is 0 Å². The summed E-state index contributed by atoms with van der Waals surface area (Å²) in [6.45, 7) is 6.32. The van der Waals surface area contributed by atoms with E-state index in [4.69, 9.17) is 15.2 Å². The van der Waals surface area contributed by atoms with E-state index >= 15 is 0 Å². The monoisotopic (exact) mass is 242 g/mol. The van der Waals surface area contributed by atoms with E-state index in [2.05, 4.69) is 0 Å². The van der Waals surface area contributed by atoms with Crippen LogP contribution in [-0.2, 0) is 14.3 Å². The Bertz CT molecular complexity index is 287. The molecule has 0 bridgehead atoms. The molecule has 5 nitrogen and oxygen atoms in total. The smallest absolute Gasteiger partial charge is 0.251 e. The molecule has 2 unspecified atom stereocenters. The molecule has 2 aliphatic heterocycles. The second-order valence-electron chi connectivity index (χ2n) is 5.46. The standard InChI is InChI=1S/C12H22N2O3/c1-12(2)8-14(7-9(6-13)17-12)11(15)10-4-3-5-16-10/h9-10H,3-8,13H2,1-2H3. The van der Waals surface area contributed by atoms with E-state index in [1.165, 1.54) is 0 Å². The van der Waals surface area contributed by atoms with Crippen molar-refractivity contribution in [2.75, 3.05) is 26.2 Å². The zero-order chi connectivity index (χ0) is 12.5. The number of carbonyl (C=O) groups is 1. The highest BCUT2D eigenvalue weighted by Gasteiger charge is 2.38. The molecular formula is C12H22N2O3. The molecule has 0 radical (unpaired) electrons. The van der Waals surface area contributed by atoms with Gasteiger partial charge in [0.2, 0.25) is 0 Å². The van der Waals surface area contributed by atoms with Crippen molar-refractivity contribution in [2.45, 2.75) is 44.5 Å². The number of ether oxygens (including phenoxy) is 2. The molecule has 0 aromatic rings. The summed E-state index contributed by atoms with van der Waals surface area (Å²) in [6, 6.07) is 0. The maximum Gasteiger partial charge on any atom is 0.251 e. The molecule has 98 valence electrons. The summed E-state index contributed by atoms with van der Waals surface area (Å²) in [5.41, 5.74) is 5.32. The maximum absolute atomic E-state index is 12.3. The van der Waals surface area contributed by atoms with E-state index in [0.717, 1.165) is 12.8 Å². The molecule has 2 atom stereocenters. The van der Waals surface area contributed by atoms with Gasteiger partial charge in [0.25, 0.3) is 5.91 Å². The molecule has 5 heteroatoms. The van der Waals surface area contributed by atoms with Crippen molar-refractivity contribution >= 4 is 5.91 Å². The molecule has 0 spiro atoms. The van der Waals surface area contributed by atoms with Gasteiger partial charge in [0.05, 0.1) is 11.7 Å². The van der Waals surface area contributed by atoms with Crippen LogP contribution in [0.1, 0.15) is 26.7 Å². The van der Waals surface area contributed by atoms with Crippen molar-refractivity contribution in [2.24, 2.45) is 5.73 Å². The maximum atomic E-state index is 12.3. The van der Waals surface area contributed by atoms with Crippen LogP contribution in [0.15, 0.2) is 0 Å². The first kappa shape index (κ1) is 12.8. The van der Waals surface area contributed by atoms with Gasteiger partial charge in [0.1, 0.15) is 6.10 Å². The van der Waals surface area contributed by atoms with Crippen LogP contribution in [0.3, 0.4) is 0 Å². The summed E-state index contributed by atoms with van der Waals surface area (Å²) >= 11 is 0. The van der Waals surface area contributed by atoms with Gasteiger partial charge in [-0.3, -0.25) is 4.79 Å². The quantitative estimate of drug-likeness (QED) is 0.747. The number of amides is 1. The minimum atomic E-state index is -0.323. The Hall–Kier alpha value is -0.650. The SMILES string of the molecule is CC1(C)CN(C(=O)C2CCCO2)CC(CN)O1. The average molecular weight is 242 g/mol. The lowest BCUT2D eigenvalue weighted by atomic mass is 10.0. The summed E-state index contributed by atoms with van der Waals surface area (Å²) in [6.07, 6.45) is 1.50. The van der Waals surface area contributed by atoms with Crippen LogP contribution in [0, 0.1) is 0 Å². The third-order valence-electron chi connectivity index (χ3n) is 3.26. The number of nitrogens with zero attached hydrogens (tertiary/aromatic N) is 1. The number of carbonyl (C=O) groups excluding carboxylic acids is 1. The lowest BCUT2D eigenvalue weighted by Gasteiger charge is -2.43. The Morgan fingerprint density at radius 2 is 2.29 bits per heavy atom. The van der Waals surface area contributed by atoms with Gasteiger partial charge in [-0.25, -0.2) is 0 Å². The predicted octanol–water partition coefficient (Wildman–Crippen LogP) is 0.130. The second-order valence-corrected chi connectivity index (χ2v) is 5.46. The lowest BCUT2D eigenvalue weighted by molar-refractivity contribution is -0.166. The Kier molecular flexibility index (Phi) is 3.70. The minimum absolute atomic E-state index is 0.0656. The van der Waals surface area contributed by atoms with Crippen molar-refractivity contribution < 1.29 is 14.3 Å². The fraction of sp³-hybridized carbons (Fsp3) is 0.917. The second kappa shape index (κ2) is 4.92. The van der Waals surface area contributed by atoms with Crippen LogP contribution >= 0.6 is 0 Å². The predicted molar refractivity (Wildman–Crippen MR) is 63.6 cm³/mol. The molecule has 0 saturated carbocycles. The molecule has 0 aromatic heterocycles. The van der Waals surface area contributed by atoms with E-state index in [-0.39, 0.29) is 23.7 Å². The largest absolute Gasteiger partial charge is 0.368 e. The fourth-order valence-electron chi connectivity index (χ4n) is 2.56. The first-order valence-electron chi connectivity index (χ1n) is 6.30. The molecule has 2 saturated heterocycles. The third kappa shape index (κ3) is 2.97. The van der Waals surface area contributed by atoms with Crippen LogP contribution in [0.25, 0.3) is 0 Å². The topological polar surface area (TPSA) is 64.8 Å². The van der Waals surface area contributed by atoms with Crippen molar-refractivity contribution in [1.29, 1.82) is 0 Å². The number of morpholine rings is 1. The van der Waals surface area contributed by atoms with Crippen LogP contribution in [-0.4, -0.2) is 54.9 Å². The summed E-state index contributed by atoms with van der Waals surface area (Å²) in [7, 11) is 0. The Balaban J connectivity index is 2.01. The number of rotatable bonds is 2. The highest BCUT2D eigenvalue weighted by Crippen LogP contribution is 2.23. The van der Waals surface area contributed by atoms with Crippen LogP contribution in [0.4, 0.5) is 0 Å². The highest BCUT2D eigenvalue weighted by molar-refractivity contribution is 5.81. The van der Waals surface area contributed by atoms with Gasteiger partial charge in [-0.05, 0) is 26.7 Å². The van der Waals surface area contributed by atoms with Gasteiger partial charge in [-0.15, -0.1) is 0 Å². The summed E-state index contributed by atoms with van der Waals surface area (Å²) in [4.78, 5) is 14.1. The summed E-state index contributed by atoms with van der Waals surface area (Å²) < 4.78 is 11.2. The van der Waals surface area contributed by atoms with E-state index in [1.54, 1.807) is 0 Å². The van der Waals surface area contributed by atoms with Crippen molar-refractivity contribution in [3.63, 3.8) is 0 Å². The summed E-state index contributed by atoms with van der Waals surface area (Å²) in [5, 5.41) is 0. The average Bonchev–Trinajstić information content (AvgIpc) is 2.79. The Morgan fingerprint density at radius 1 is 1.53 bits per heavy atom. The van der Waals surface area contributed by atoms with Crippen molar-refractivity contribution in [3.05, 3.63) is 0 Å². The molecule has 2 aliphatic rings. The van der Waals surface area contributed by atoms with Gasteiger partial charge in [0.15, 0.2) is 0 Å². The number of nitrogens with two attached hydrogens (primary N) is 1. The minimum Gasteiger partial charge on any atom is -0.368 e.